The number of esters is 1. The number of rotatable bonds is 9. The minimum atomic E-state index is -0.532. The summed E-state index contributed by atoms with van der Waals surface area (Å²) in [4.78, 5) is 17.1. The number of nitrogens with zero attached hydrogens (tertiary/aromatic N) is 5. The molecule has 2 aromatic carbocycles. The number of carbonyl (C=O) groups excluding carboxylic acids is 1. The molecular weight excluding hydrogens is 410 g/mol. The topological polar surface area (TPSA) is 74.8 Å². The molecule has 1 atom stereocenters. The standard InChI is InChI=1S/C23H23N5O2S/c1-3-14-28-20(15-27-16-24-18-12-8-9-13-19(18)27)25-26-23(28)31-21(22(29)30-4-2)17-10-6-5-7-11-17/h3,5-13,16,21H,1,4,14-15H2,2H3. The highest BCUT2D eigenvalue weighted by Gasteiger charge is 2.26. The second-order valence-corrected chi connectivity index (χ2v) is 7.89. The summed E-state index contributed by atoms with van der Waals surface area (Å²) < 4.78 is 9.33. The Kier molecular flexibility index (Phi) is 6.47. The monoisotopic (exact) mass is 433 g/mol. The maximum atomic E-state index is 12.7. The Morgan fingerprint density at radius 3 is 2.71 bits per heavy atom. The van der Waals surface area contributed by atoms with E-state index in [9.17, 15) is 4.79 Å². The third-order valence-corrected chi connectivity index (χ3v) is 5.98. The van der Waals surface area contributed by atoms with Crippen LogP contribution < -0.4 is 0 Å². The predicted molar refractivity (Wildman–Crippen MR) is 121 cm³/mol. The summed E-state index contributed by atoms with van der Waals surface area (Å²) in [5.74, 6) is 0.468. The number of allylic oxidation sites excluding steroid dienone is 1. The Hall–Kier alpha value is -3.39. The van der Waals surface area contributed by atoms with Crippen LogP contribution in [0.3, 0.4) is 0 Å². The lowest BCUT2D eigenvalue weighted by Gasteiger charge is -2.16. The number of ether oxygens (including phenoxy) is 1. The fraction of sp³-hybridized carbons (Fsp3) is 0.217. The van der Waals surface area contributed by atoms with Gasteiger partial charge in [0, 0.05) is 6.54 Å². The number of hydrogen-bond donors (Lipinski definition) is 0. The number of fused-ring (bicyclic) bond motifs is 1. The minimum Gasteiger partial charge on any atom is -0.465 e. The number of thioether (sulfide) groups is 1. The van der Waals surface area contributed by atoms with Crippen LogP contribution in [0.25, 0.3) is 11.0 Å². The Balaban J connectivity index is 1.65. The molecule has 0 saturated heterocycles. The van der Waals surface area contributed by atoms with Crippen LogP contribution in [0.15, 0.2) is 78.7 Å². The fourth-order valence-corrected chi connectivity index (χ4v) is 4.39. The van der Waals surface area contributed by atoms with Crippen molar-refractivity contribution in [3.8, 4) is 0 Å². The van der Waals surface area contributed by atoms with Crippen molar-refractivity contribution in [2.24, 2.45) is 0 Å². The summed E-state index contributed by atoms with van der Waals surface area (Å²) in [5, 5.41) is 8.91. The van der Waals surface area contributed by atoms with Crippen molar-refractivity contribution >= 4 is 28.8 Å². The molecule has 0 N–H and O–H groups in total. The number of aromatic nitrogens is 5. The molecule has 8 heteroatoms. The van der Waals surface area contributed by atoms with E-state index in [1.165, 1.54) is 11.8 Å². The first-order valence-corrected chi connectivity index (χ1v) is 10.9. The average molecular weight is 434 g/mol. The van der Waals surface area contributed by atoms with E-state index in [2.05, 4.69) is 21.8 Å². The molecule has 2 aromatic heterocycles. The summed E-state index contributed by atoms with van der Waals surface area (Å²) in [5.41, 5.74) is 2.82. The molecule has 0 radical (unpaired) electrons. The highest BCUT2D eigenvalue weighted by molar-refractivity contribution is 8.00. The van der Waals surface area contributed by atoms with Crippen LogP contribution in [0.4, 0.5) is 0 Å². The van der Waals surface area contributed by atoms with Gasteiger partial charge in [-0.05, 0) is 24.6 Å². The zero-order valence-electron chi connectivity index (χ0n) is 17.2. The van der Waals surface area contributed by atoms with Crippen LogP contribution in [0.2, 0.25) is 0 Å². The molecule has 0 aliphatic carbocycles. The van der Waals surface area contributed by atoms with E-state index >= 15 is 0 Å². The van der Waals surface area contributed by atoms with Gasteiger partial charge in [-0.25, -0.2) is 4.98 Å². The maximum absolute atomic E-state index is 12.7. The number of imidazole rings is 1. The molecule has 0 amide bonds. The van der Waals surface area contributed by atoms with Gasteiger partial charge in [-0.2, -0.15) is 0 Å². The summed E-state index contributed by atoms with van der Waals surface area (Å²) >= 11 is 1.34. The van der Waals surface area contributed by atoms with Gasteiger partial charge >= 0.3 is 5.97 Å². The lowest BCUT2D eigenvalue weighted by molar-refractivity contribution is -0.142. The van der Waals surface area contributed by atoms with Crippen LogP contribution in [-0.2, 0) is 22.6 Å². The molecule has 0 fully saturated rings. The van der Waals surface area contributed by atoms with E-state index in [1.807, 2.05) is 63.7 Å². The number of carbonyl (C=O) groups is 1. The molecule has 4 rings (SSSR count). The lowest BCUT2D eigenvalue weighted by atomic mass is 10.1. The molecule has 31 heavy (non-hydrogen) atoms. The second kappa shape index (κ2) is 9.61. The van der Waals surface area contributed by atoms with Crippen molar-refractivity contribution in [2.75, 3.05) is 6.61 Å². The van der Waals surface area contributed by atoms with Crippen molar-refractivity contribution in [2.45, 2.75) is 30.4 Å². The number of para-hydroxylation sites is 2. The van der Waals surface area contributed by atoms with Gasteiger partial charge < -0.3 is 13.9 Å². The summed E-state index contributed by atoms with van der Waals surface area (Å²) in [7, 11) is 0. The maximum Gasteiger partial charge on any atom is 0.324 e. The smallest absolute Gasteiger partial charge is 0.324 e. The van der Waals surface area contributed by atoms with Gasteiger partial charge in [0.2, 0.25) is 0 Å². The first-order chi connectivity index (χ1) is 15.2. The predicted octanol–water partition coefficient (Wildman–Crippen LogP) is 4.26. The van der Waals surface area contributed by atoms with Gasteiger partial charge in [-0.3, -0.25) is 4.79 Å². The van der Waals surface area contributed by atoms with Gasteiger partial charge in [-0.1, -0.05) is 60.3 Å². The van der Waals surface area contributed by atoms with Gasteiger partial charge in [0.05, 0.1) is 30.5 Å². The van der Waals surface area contributed by atoms with Crippen molar-refractivity contribution in [1.29, 1.82) is 0 Å². The molecule has 0 saturated carbocycles. The summed E-state index contributed by atoms with van der Waals surface area (Å²) in [6.45, 7) is 7.04. The normalized spacial score (nSPS) is 12.0. The highest BCUT2D eigenvalue weighted by Crippen LogP contribution is 2.35. The van der Waals surface area contributed by atoms with Gasteiger partial charge in [0.15, 0.2) is 11.0 Å². The van der Waals surface area contributed by atoms with E-state index in [4.69, 9.17) is 4.74 Å². The summed E-state index contributed by atoms with van der Waals surface area (Å²) in [6.07, 6.45) is 3.60. The fourth-order valence-electron chi connectivity index (χ4n) is 3.33. The molecule has 1 unspecified atom stereocenters. The first kappa shape index (κ1) is 20.9. The van der Waals surface area contributed by atoms with E-state index in [0.717, 1.165) is 22.4 Å². The molecule has 0 aliphatic heterocycles. The van der Waals surface area contributed by atoms with E-state index in [0.29, 0.717) is 24.9 Å². The van der Waals surface area contributed by atoms with E-state index in [1.54, 1.807) is 19.3 Å². The third-order valence-electron chi connectivity index (χ3n) is 4.77. The number of hydrogen-bond acceptors (Lipinski definition) is 6. The van der Waals surface area contributed by atoms with Crippen LogP contribution in [0.5, 0.6) is 0 Å². The molecule has 2 heterocycles. The second-order valence-electron chi connectivity index (χ2n) is 6.82. The summed E-state index contributed by atoms with van der Waals surface area (Å²) in [6, 6.07) is 17.5. The van der Waals surface area contributed by atoms with Crippen molar-refractivity contribution in [3.63, 3.8) is 0 Å². The average Bonchev–Trinajstić information content (AvgIpc) is 3.38. The quantitative estimate of drug-likeness (QED) is 0.223. The highest BCUT2D eigenvalue weighted by atomic mass is 32.2. The molecule has 158 valence electrons. The van der Waals surface area contributed by atoms with Crippen molar-refractivity contribution in [1.82, 2.24) is 24.3 Å². The van der Waals surface area contributed by atoms with Gasteiger partial charge in [-0.15, -0.1) is 16.8 Å². The molecule has 7 nitrogen and oxygen atoms in total. The largest absolute Gasteiger partial charge is 0.465 e. The van der Waals surface area contributed by atoms with E-state index < -0.39 is 5.25 Å². The third kappa shape index (κ3) is 4.54. The lowest BCUT2D eigenvalue weighted by Crippen LogP contribution is -2.15. The van der Waals surface area contributed by atoms with Crippen LogP contribution in [-0.4, -0.2) is 36.9 Å². The van der Waals surface area contributed by atoms with Crippen molar-refractivity contribution < 1.29 is 9.53 Å². The zero-order chi connectivity index (χ0) is 21.6. The molecule has 0 aliphatic rings. The van der Waals surface area contributed by atoms with Crippen LogP contribution in [0.1, 0.15) is 23.6 Å². The molecular formula is C23H23N5O2S. The Morgan fingerprint density at radius 1 is 1.16 bits per heavy atom. The Morgan fingerprint density at radius 2 is 1.94 bits per heavy atom. The molecule has 4 aromatic rings. The van der Waals surface area contributed by atoms with E-state index in [-0.39, 0.29) is 5.97 Å². The van der Waals surface area contributed by atoms with Gasteiger partial charge in [0.25, 0.3) is 0 Å². The van der Waals surface area contributed by atoms with Crippen LogP contribution in [0, 0.1) is 0 Å². The minimum absolute atomic E-state index is 0.297. The number of benzene rings is 2. The van der Waals surface area contributed by atoms with Crippen LogP contribution >= 0.6 is 11.8 Å². The first-order valence-electron chi connectivity index (χ1n) is 10.0. The zero-order valence-corrected chi connectivity index (χ0v) is 18.0. The SMILES string of the molecule is C=CCn1c(Cn2cnc3ccccc32)nnc1SC(C(=O)OCC)c1ccccc1. The van der Waals surface area contributed by atoms with Crippen molar-refractivity contribution in [3.05, 3.63) is 85.0 Å². The molecule has 0 bridgehead atoms. The molecule has 0 spiro atoms. The van der Waals surface area contributed by atoms with Gasteiger partial charge in [0.1, 0.15) is 5.25 Å². The Labute approximate surface area is 184 Å². The Bertz CT molecular complexity index is 1190.